The van der Waals surface area contributed by atoms with E-state index in [0.29, 0.717) is 16.0 Å². The van der Waals surface area contributed by atoms with Crippen LogP contribution in [0.2, 0.25) is 0 Å². The van der Waals surface area contributed by atoms with Gasteiger partial charge in [0.1, 0.15) is 0 Å². The first-order valence-electron chi connectivity index (χ1n) is 6.21. The first kappa shape index (κ1) is 15.4. The number of benzene rings is 1. The third-order valence-electron chi connectivity index (χ3n) is 2.26. The molecule has 0 aliphatic rings. The number of ether oxygens (including phenoxy) is 1. The summed E-state index contributed by atoms with van der Waals surface area (Å²) in [6, 6.07) is 3.78. The zero-order valence-electron chi connectivity index (χ0n) is 11.7. The van der Waals surface area contributed by atoms with Crippen LogP contribution in [0.1, 0.15) is 13.8 Å². The van der Waals surface area contributed by atoms with Crippen molar-refractivity contribution >= 4 is 17.7 Å². The Morgan fingerprint density at radius 2 is 1.90 bits per heavy atom. The lowest BCUT2D eigenvalue weighted by Crippen LogP contribution is -2.10. The van der Waals surface area contributed by atoms with E-state index in [0.717, 1.165) is 23.9 Å². The second kappa shape index (κ2) is 6.66. The summed E-state index contributed by atoms with van der Waals surface area (Å²) >= 11 is 1.09. The van der Waals surface area contributed by atoms with E-state index in [1.54, 1.807) is 7.05 Å². The number of anilines is 1. The lowest BCUT2D eigenvalue weighted by Gasteiger charge is -2.10. The van der Waals surface area contributed by atoms with E-state index >= 15 is 0 Å². The van der Waals surface area contributed by atoms with Gasteiger partial charge in [-0.25, -0.2) is 8.78 Å². The van der Waals surface area contributed by atoms with Crippen LogP contribution in [0.5, 0.6) is 6.01 Å². The van der Waals surface area contributed by atoms with Gasteiger partial charge in [0.2, 0.25) is 11.1 Å². The first-order valence-corrected chi connectivity index (χ1v) is 7.03. The predicted octanol–water partition coefficient (Wildman–Crippen LogP) is 3.13. The van der Waals surface area contributed by atoms with Gasteiger partial charge in [0.15, 0.2) is 11.6 Å². The second-order valence-electron chi connectivity index (χ2n) is 4.32. The number of nitrogens with zero attached hydrogens (tertiary/aromatic N) is 3. The molecule has 1 N–H and O–H groups in total. The van der Waals surface area contributed by atoms with Gasteiger partial charge < -0.3 is 10.1 Å². The predicted molar refractivity (Wildman–Crippen MR) is 75.6 cm³/mol. The van der Waals surface area contributed by atoms with E-state index in [2.05, 4.69) is 20.3 Å². The Balaban J connectivity index is 2.27. The molecular formula is C13H14F2N4OS. The van der Waals surface area contributed by atoms with Crippen molar-refractivity contribution in [2.75, 3.05) is 12.4 Å². The second-order valence-corrected chi connectivity index (χ2v) is 5.36. The molecule has 5 nitrogen and oxygen atoms in total. The van der Waals surface area contributed by atoms with Crippen LogP contribution in [0.4, 0.5) is 14.7 Å². The van der Waals surface area contributed by atoms with Gasteiger partial charge in [-0.2, -0.15) is 15.0 Å². The van der Waals surface area contributed by atoms with E-state index < -0.39 is 11.6 Å². The number of rotatable bonds is 5. The minimum absolute atomic E-state index is 0.0850. The summed E-state index contributed by atoms with van der Waals surface area (Å²) < 4.78 is 31.5. The van der Waals surface area contributed by atoms with E-state index in [9.17, 15) is 8.78 Å². The molecule has 0 saturated heterocycles. The van der Waals surface area contributed by atoms with E-state index in [1.165, 1.54) is 6.07 Å². The van der Waals surface area contributed by atoms with E-state index in [-0.39, 0.29) is 12.1 Å². The summed E-state index contributed by atoms with van der Waals surface area (Å²) in [5.74, 6) is -1.47. The lowest BCUT2D eigenvalue weighted by atomic mass is 10.3. The van der Waals surface area contributed by atoms with Crippen molar-refractivity contribution in [3.05, 3.63) is 29.8 Å². The lowest BCUT2D eigenvalue weighted by molar-refractivity contribution is 0.219. The molecule has 21 heavy (non-hydrogen) atoms. The Bertz CT molecular complexity index is 640. The van der Waals surface area contributed by atoms with Crippen LogP contribution < -0.4 is 10.1 Å². The number of nitrogens with one attached hydrogen (secondary N) is 1. The topological polar surface area (TPSA) is 59.9 Å². The molecule has 1 aromatic heterocycles. The zero-order chi connectivity index (χ0) is 15.4. The van der Waals surface area contributed by atoms with Gasteiger partial charge in [0.25, 0.3) is 0 Å². The van der Waals surface area contributed by atoms with Crippen molar-refractivity contribution in [3.63, 3.8) is 0 Å². The van der Waals surface area contributed by atoms with Crippen LogP contribution in [-0.4, -0.2) is 28.1 Å². The number of hydrogen-bond donors (Lipinski definition) is 1. The van der Waals surface area contributed by atoms with E-state index in [1.807, 2.05) is 13.8 Å². The van der Waals surface area contributed by atoms with Gasteiger partial charge in [-0.05, 0) is 43.8 Å². The van der Waals surface area contributed by atoms with Crippen LogP contribution in [0, 0.1) is 11.6 Å². The minimum atomic E-state index is -0.915. The molecular weight excluding hydrogens is 298 g/mol. The van der Waals surface area contributed by atoms with Crippen LogP contribution in [0.3, 0.4) is 0 Å². The maximum atomic E-state index is 13.2. The molecule has 1 heterocycles. The fraction of sp³-hybridized carbons (Fsp3) is 0.308. The fourth-order valence-corrected chi connectivity index (χ4v) is 2.17. The molecule has 0 saturated carbocycles. The molecule has 0 fully saturated rings. The molecule has 112 valence electrons. The molecule has 1 aromatic carbocycles. The average molecular weight is 312 g/mol. The Labute approximate surface area is 125 Å². The molecule has 0 radical (unpaired) electrons. The van der Waals surface area contributed by atoms with Crippen molar-refractivity contribution in [1.29, 1.82) is 0 Å². The fourth-order valence-electron chi connectivity index (χ4n) is 1.40. The summed E-state index contributed by atoms with van der Waals surface area (Å²) in [5.41, 5.74) is 0. The Morgan fingerprint density at radius 3 is 2.52 bits per heavy atom. The third kappa shape index (κ3) is 4.25. The number of aromatic nitrogens is 3. The highest BCUT2D eigenvalue weighted by atomic mass is 32.2. The summed E-state index contributed by atoms with van der Waals surface area (Å²) in [7, 11) is 1.67. The van der Waals surface area contributed by atoms with Crippen molar-refractivity contribution in [1.82, 2.24) is 15.0 Å². The summed E-state index contributed by atoms with van der Waals surface area (Å²) in [6.45, 7) is 3.70. The molecule has 2 rings (SSSR count). The van der Waals surface area contributed by atoms with Crippen LogP contribution >= 0.6 is 11.8 Å². The van der Waals surface area contributed by atoms with Crippen LogP contribution in [0.15, 0.2) is 28.3 Å². The average Bonchev–Trinajstić information content (AvgIpc) is 2.42. The van der Waals surface area contributed by atoms with Crippen molar-refractivity contribution in [2.24, 2.45) is 0 Å². The highest BCUT2D eigenvalue weighted by Gasteiger charge is 2.11. The smallest absolute Gasteiger partial charge is 0.322 e. The Morgan fingerprint density at radius 1 is 1.14 bits per heavy atom. The third-order valence-corrected chi connectivity index (χ3v) is 3.11. The van der Waals surface area contributed by atoms with Crippen molar-refractivity contribution in [2.45, 2.75) is 30.0 Å². The molecule has 0 amide bonds. The monoisotopic (exact) mass is 312 g/mol. The van der Waals surface area contributed by atoms with Crippen LogP contribution in [0.25, 0.3) is 0 Å². The molecule has 0 aliphatic carbocycles. The summed E-state index contributed by atoms with van der Waals surface area (Å²) in [5, 5.41) is 3.13. The van der Waals surface area contributed by atoms with Gasteiger partial charge in [-0.1, -0.05) is 0 Å². The molecule has 2 aromatic rings. The minimum Gasteiger partial charge on any atom is -0.461 e. The Hall–Kier alpha value is -1.96. The SMILES string of the molecule is CNc1nc(OC(C)C)nc(Sc2ccc(F)c(F)c2)n1. The van der Waals surface area contributed by atoms with Gasteiger partial charge in [-0.15, -0.1) is 0 Å². The molecule has 0 unspecified atom stereocenters. The molecule has 0 atom stereocenters. The number of hydrogen-bond acceptors (Lipinski definition) is 6. The number of halogens is 2. The zero-order valence-corrected chi connectivity index (χ0v) is 12.5. The standard InChI is InChI=1S/C13H14F2N4OS/c1-7(2)20-12-17-11(16-3)18-13(19-12)21-8-4-5-9(14)10(15)6-8/h4-7H,1-3H3,(H,16,17,18,19). The highest BCUT2D eigenvalue weighted by Crippen LogP contribution is 2.27. The Kier molecular flexibility index (Phi) is 4.89. The normalized spacial score (nSPS) is 10.8. The summed E-state index contributed by atoms with van der Waals surface area (Å²) in [4.78, 5) is 12.8. The first-order chi connectivity index (χ1) is 9.97. The van der Waals surface area contributed by atoms with Gasteiger partial charge >= 0.3 is 6.01 Å². The van der Waals surface area contributed by atoms with Gasteiger partial charge in [-0.3, -0.25) is 0 Å². The van der Waals surface area contributed by atoms with Crippen molar-refractivity contribution < 1.29 is 13.5 Å². The quantitative estimate of drug-likeness (QED) is 0.915. The maximum Gasteiger partial charge on any atom is 0.322 e. The van der Waals surface area contributed by atoms with Crippen molar-refractivity contribution in [3.8, 4) is 6.01 Å². The van der Waals surface area contributed by atoms with E-state index in [4.69, 9.17) is 4.74 Å². The molecule has 0 bridgehead atoms. The van der Waals surface area contributed by atoms with Gasteiger partial charge in [0.05, 0.1) is 6.10 Å². The molecule has 0 aliphatic heterocycles. The molecule has 0 spiro atoms. The molecule has 8 heteroatoms. The maximum absolute atomic E-state index is 13.2. The van der Waals surface area contributed by atoms with Crippen LogP contribution in [-0.2, 0) is 0 Å². The largest absolute Gasteiger partial charge is 0.461 e. The van der Waals surface area contributed by atoms with Gasteiger partial charge in [0, 0.05) is 11.9 Å². The highest BCUT2D eigenvalue weighted by molar-refractivity contribution is 7.99. The summed E-state index contributed by atoms with van der Waals surface area (Å²) in [6.07, 6.45) is -0.0850.